The normalized spacial score (nSPS) is 25.1. The molecule has 0 radical (unpaired) electrons. The molecule has 0 aliphatic carbocycles. The summed E-state index contributed by atoms with van der Waals surface area (Å²) in [5.41, 5.74) is 0.861. The Bertz CT molecular complexity index is 427. The average molecular weight is 215 g/mol. The summed E-state index contributed by atoms with van der Waals surface area (Å²) in [6, 6.07) is 5.95. The van der Waals surface area contributed by atoms with Crippen LogP contribution in [0, 0.1) is 5.82 Å². The summed E-state index contributed by atoms with van der Waals surface area (Å²) in [4.78, 5) is 0. The lowest BCUT2D eigenvalue weighted by atomic mass is 10.0. The predicted molar refractivity (Wildman–Crippen MR) is 50.9 cm³/mol. The standard InChI is InChI=1S/C9H10FNO2S/c10-9-3-1-7(2-4-9)8-5-11-14(12,13)6-8/h1-4,8,11H,5-6H2/t8-/m0/s1. The predicted octanol–water partition coefficient (Wildman–Crippen LogP) is 0.842. The van der Waals surface area contributed by atoms with Crippen LogP contribution in [0.1, 0.15) is 11.5 Å². The molecule has 0 bridgehead atoms. The number of rotatable bonds is 1. The van der Waals surface area contributed by atoms with Crippen molar-refractivity contribution in [1.82, 2.24) is 4.72 Å². The van der Waals surface area contributed by atoms with E-state index in [4.69, 9.17) is 0 Å². The van der Waals surface area contributed by atoms with E-state index in [0.29, 0.717) is 6.54 Å². The van der Waals surface area contributed by atoms with Gasteiger partial charge in [0, 0.05) is 12.5 Å². The van der Waals surface area contributed by atoms with E-state index in [9.17, 15) is 12.8 Å². The van der Waals surface area contributed by atoms with Crippen molar-refractivity contribution in [3.8, 4) is 0 Å². The summed E-state index contributed by atoms with van der Waals surface area (Å²) in [7, 11) is -3.10. The van der Waals surface area contributed by atoms with Gasteiger partial charge in [0.1, 0.15) is 5.82 Å². The van der Waals surface area contributed by atoms with Crippen LogP contribution in [0.2, 0.25) is 0 Å². The molecule has 1 saturated heterocycles. The van der Waals surface area contributed by atoms with Crippen LogP contribution in [-0.2, 0) is 10.0 Å². The maximum Gasteiger partial charge on any atom is 0.212 e. The van der Waals surface area contributed by atoms with Gasteiger partial charge in [-0.25, -0.2) is 17.5 Å². The Labute approximate surface area is 82.0 Å². The summed E-state index contributed by atoms with van der Waals surface area (Å²) in [5.74, 6) is -0.262. The average Bonchev–Trinajstić information content (AvgIpc) is 2.47. The largest absolute Gasteiger partial charge is 0.215 e. The van der Waals surface area contributed by atoms with Gasteiger partial charge in [-0.05, 0) is 17.7 Å². The van der Waals surface area contributed by atoms with Gasteiger partial charge in [0.25, 0.3) is 0 Å². The van der Waals surface area contributed by atoms with Crippen molar-refractivity contribution in [2.24, 2.45) is 0 Å². The Hall–Kier alpha value is -0.940. The molecule has 1 fully saturated rings. The van der Waals surface area contributed by atoms with Gasteiger partial charge in [0.2, 0.25) is 10.0 Å². The molecular weight excluding hydrogens is 205 g/mol. The van der Waals surface area contributed by atoms with Crippen LogP contribution in [0.15, 0.2) is 24.3 Å². The molecule has 1 atom stereocenters. The van der Waals surface area contributed by atoms with E-state index in [1.54, 1.807) is 12.1 Å². The molecule has 14 heavy (non-hydrogen) atoms. The SMILES string of the molecule is O=S1(=O)C[C@@H](c2ccc(F)cc2)CN1. The molecule has 5 heteroatoms. The molecule has 2 rings (SSSR count). The molecule has 1 aromatic carbocycles. The minimum absolute atomic E-state index is 0.0550. The highest BCUT2D eigenvalue weighted by Gasteiger charge is 2.28. The van der Waals surface area contributed by atoms with Gasteiger partial charge in [-0.1, -0.05) is 12.1 Å². The first-order valence-corrected chi connectivity index (χ1v) is 5.95. The smallest absolute Gasteiger partial charge is 0.212 e. The van der Waals surface area contributed by atoms with Crippen molar-refractivity contribution in [3.05, 3.63) is 35.6 Å². The van der Waals surface area contributed by atoms with Crippen molar-refractivity contribution in [2.75, 3.05) is 12.3 Å². The van der Waals surface area contributed by atoms with E-state index in [-0.39, 0.29) is 17.5 Å². The Balaban J connectivity index is 2.22. The minimum Gasteiger partial charge on any atom is -0.215 e. The summed E-state index contributed by atoms with van der Waals surface area (Å²) in [6.07, 6.45) is 0. The van der Waals surface area contributed by atoms with Crippen LogP contribution in [0.4, 0.5) is 4.39 Å². The summed E-state index contributed by atoms with van der Waals surface area (Å²) in [6.45, 7) is 0.411. The molecule has 0 unspecified atom stereocenters. The summed E-state index contributed by atoms with van der Waals surface area (Å²) in [5, 5.41) is 0. The molecule has 0 saturated carbocycles. The van der Waals surface area contributed by atoms with Gasteiger partial charge in [-0.15, -0.1) is 0 Å². The van der Waals surface area contributed by atoms with Crippen LogP contribution >= 0.6 is 0 Å². The van der Waals surface area contributed by atoms with Crippen molar-refractivity contribution >= 4 is 10.0 Å². The fourth-order valence-corrected chi connectivity index (χ4v) is 2.97. The number of nitrogens with one attached hydrogen (secondary N) is 1. The molecule has 0 amide bonds. The molecule has 0 aromatic heterocycles. The summed E-state index contributed by atoms with van der Waals surface area (Å²) >= 11 is 0. The van der Waals surface area contributed by atoms with E-state index in [1.807, 2.05) is 0 Å². The lowest BCUT2D eigenvalue weighted by Crippen LogP contribution is -2.15. The monoisotopic (exact) mass is 215 g/mol. The molecule has 3 nitrogen and oxygen atoms in total. The van der Waals surface area contributed by atoms with Gasteiger partial charge in [-0.3, -0.25) is 0 Å². The number of hydrogen-bond donors (Lipinski definition) is 1. The second-order valence-corrected chi connectivity index (χ2v) is 5.23. The highest BCUT2D eigenvalue weighted by Crippen LogP contribution is 2.21. The molecule has 1 aliphatic rings. The third-order valence-electron chi connectivity index (χ3n) is 2.31. The highest BCUT2D eigenvalue weighted by molar-refractivity contribution is 7.89. The number of sulfonamides is 1. The van der Waals surface area contributed by atoms with Gasteiger partial charge in [-0.2, -0.15) is 0 Å². The van der Waals surface area contributed by atoms with E-state index in [2.05, 4.69) is 4.72 Å². The van der Waals surface area contributed by atoms with Crippen LogP contribution in [-0.4, -0.2) is 20.7 Å². The van der Waals surface area contributed by atoms with E-state index >= 15 is 0 Å². The molecule has 76 valence electrons. The zero-order valence-electron chi connectivity index (χ0n) is 7.40. The second-order valence-electron chi connectivity index (χ2n) is 3.38. The molecule has 1 aliphatic heterocycles. The Morgan fingerprint density at radius 1 is 1.29 bits per heavy atom. The molecule has 0 spiro atoms. The molecule has 1 N–H and O–H groups in total. The quantitative estimate of drug-likeness (QED) is 0.754. The van der Waals surface area contributed by atoms with Gasteiger partial charge < -0.3 is 0 Å². The van der Waals surface area contributed by atoms with Gasteiger partial charge in [0.05, 0.1) is 5.75 Å². The third-order valence-corrected chi connectivity index (χ3v) is 3.76. The van der Waals surface area contributed by atoms with E-state index in [0.717, 1.165) is 5.56 Å². The Kier molecular flexibility index (Phi) is 2.28. The fourth-order valence-electron chi connectivity index (χ4n) is 1.56. The van der Waals surface area contributed by atoms with Gasteiger partial charge >= 0.3 is 0 Å². The van der Waals surface area contributed by atoms with Gasteiger partial charge in [0.15, 0.2) is 0 Å². The number of halogens is 1. The third kappa shape index (κ3) is 1.93. The number of hydrogen-bond acceptors (Lipinski definition) is 2. The van der Waals surface area contributed by atoms with Crippen molar-refractivity contribution < 1.29 is 12.8 Å². The van der Waals surface area contributed by atoms with Crippen LogP contribution < -0.4 is 4.72 Å². The zero-order valence-corrected chi connectivity index (χ0v) is 8.22. The maximum absolute atomic E-state index is 12.6. The Morgan fingerprint density at radius 2 is 1.93 bits per heavy atom. The molecule has 1 heterocycles. The number of benzene rings is 1. The van der Waals surface area contributed by atoms with Crippen molar-refractivity contribution in [2.45, 2.75) is 5.92 Å². The van der Waals surface area contributed by atoms with Crippen molar-refractivity contribution in [1.29, 1.82) is 0 Å². The zero-order chi connectivity index (χ0) is 10.2. The van der Waals surface area contributed by atoms with Crippen LogP contribution in [0.25, 0.3) is 0 Å². The Morgan fingerprint density at radius 3 is 2.43 bits per heavy atom. The van der Waals surface area contributed by atoms with E-state index in [1.165, 1.54) is 12.1 Å². The second kappa shape index (κ2) is 3.33. The lowest BCUT2D eigenvalue weighted by Gasteiger charge is -2.05. The molecule has 1 aromatic rings. The van der Waals surface area contributed by atoms with E-state index < -0.39 is 10.0 Å². The van der Waals surface area contributed by atoms with Crippen LogP contribution in [0.5, 0.6) is 0 Å². The first kappa shape index (κ1) is 9.61. The topological polar surface area (TPSA) is 46.2 Å². The highest BCUT2D eigenvalue weighted by atomic mass is 32.2. The first-order valence-electron chi connectivity index (χ1n) is 4.30. The first-order chi connectivity index (χ1) is 6.57. The lowest BCUT2D eigenvalue weighted by molar-refractivity contribution is 0.594. The minimum atomic E-state index is -3.10. The van der Waals surface area contributed by atoms with Crippen molar-refractivity contribution in [3.63, 3.8) is 0 Å². The van der Waals surface area contributed by atoms with Crippen LogP contribution in [0.3, 0.4) is 0 Å². The maximum atomic E-state index is 12.6. The fraction of sp³-hybridized carbons (Fsp3) is 0.333. The summed E-state index contributed by atoms with van der Waals surface area (Å²) < 4.78 is 37.2. The molecular formula is C9H10FNO2S.